The maximum atomic E-state index is 13.2. The van der Waals surface area contributed by atoms with Crippen LogP contribution in [0.5, 0.6) is 28.7 Å². The SMILES string of the molecule is COc1c(O)c(CN2CCN(Cc3ccc4c(c3)OCO4)CC2)c2c(c1O)C1O[C@@H](CO)[C@H](O)[C@@H](O)C1OC2=O. The van der Waals surface area contributed by atoms with Crippen molar-refractivity contribution in [1.29, 1.82) is 0 Å². The maximum absolute atomic E-state index is 13.2. The van der Waals surface area contributed by atoms with Gasteiger partial charge in [-0.2, -0.15) is 0 Å². The minimum atomic E-state index is -1.56. The molecule has 2 unspecified atom stereocenters. The van der Waals surface area contributed by atoms with Crippen LogP contribution >= 0.6 is 0 Å². The summed E-state index contributed by atoms with van der Waals surface area (Å²) < 4.78 is 27.4. The number of rotatable bonds is 6. The molecule has 2 fully saturated rings. The lowest BCUT2D eigenvalue weighted by Crippen LogP contribution is -2.58. The number of hydrogen-bond donors (Lipinski definition) is 5. The standard InChI is InChI=1S/C27H32N2O11/c1-36-25-20(31)14(10-29-6-4-28(5-7-29)9-13-2-3-15-16(8-13)38-12-37-15)18-19(22(25)33)24-26(40-27(18)35)23(34)21(32)17(11-30)39-24/h2-3,8,17,21,23-24,26,30-34H,4-7,9-12H2,1H3/t17-,21-,23+,24?,26?/m0/s1. The van der Waals surface area contributed by atoms with Gasteiger partial charge in [0.1, 0.15) is 24.4 Å². The fourth-order valence-corrected chi connectivity index (χ4v) is 5.89. The first-order valence-corrected chi connectivity index (χ1v) is 13.1. The van der Waals surface area contributed by atoms with Crippen LogP contribution in [0.15, 0.2) is 18.2 Å². The molecule has 5 N–H and O–H groups in total. The van der Waals surface area contributed by atoms with Gasteiger partial charge in [-0.1, -0.05) is 6.07 Å². The van der Waals surface area contributed by atoms with Crippen LogP contribution in [-0.4, -0.2) is 112 Å². The predicted octanol–water partition coefficient (Wildman–Crippen LogP) is -0.154. The highest BCUT2D eigenvalue weighted by Gasteiger charge is 2.53. The molecule has 13 heteroatoms. The fraction of sp³-hybridized carbons (Fsp3) is 0.519. The Morgan fingerprint density at radius 2 is 1.68 bits per heavy atom. The van der Waals surface area contributed by atoms with Crippen molar-refractivity contribution in [3.05, 3.63) is 40.5 Å². The molecule has 0 aliphatic carbocycles. The van der Waals surface area contributed by atoms with Crippen molar-refractivity contribution in [3.8, 4) is 28.7 Å². The highest BCUT2D eigenvalue weighted by molar-refractivity contribution is 5.97. The molecule has 2 saturated heterocycles. The normalized spacial score (nSPS) is 28.1. The Morgan fingerprint density at radius 1 is 0.975 bits per heavy atom. The largest absolute Gasteiger partial charge is 0.504 e. The summed E-state index contributed by atoms with van der Waals surface area (Å²) in [6.45, 7) is 3.23. The van der Waals surface area contributed by atoms with Gasteiger partial charge in [0.25, 0.3) is 0 Å². The third-order valence-corrected chi connectivity index (χ3v) is 8.04. The number of methoxy groups -OCH3 is 1. The van der Waals surface area contributed by atoms with E-state index in [1.165, 1.54) is 7.11 Å². The number of carbonyl (C=O) groups excluding carboxylic acids is 1. The van der Waals surface area contributed by atoms with E-state index in [0.29, 0.717) is 13.1 Å². The zero-order valence-corrected chi connectivity index (χ0v) is 21.9. The van der Waals surface area contributed by atoms with Crippen LogP contribution in [0.25, 0.3) is 0 Å². The van der Waals surface area contributed by atoms with Gasteiger partial charge in [-0.25, -0.2) is 4.79 Å². The predicted molar refractivity (Wildman–Crippen MR) is 135 cm³/mol. The third kappa shape index (κ3) is 4.48. The molecule has 4 heterocycles. The van der Waals surface area contributed by atoms with E-state index in [1.54, 1.807) is 0 Å². The van der Waals surface area contributed by atoms with E-state index in [2.05, 4.69) is 9.80 Å². The number of hydrogen-bond acceptors (Lipinski definition) is 13. The molecule has 0 amide bonds. The van der Waals surface area contributed by atoms with Crippen molar-refractivity contribution < 1.29 is 54.0 Å². The second-order valence-electron chi connectivity index (χ2n) is 10.4. The number of benzene rings is 2. The number of nitrogens with zero attached hydrogens (tertiary/aromatic N) is 2. The summed E-state index contributed by atoms with van der Waals surface area (Å²) in [5.74, 6) is -0.568. The highest BCUT2D eigenvalue weighted by Crippen LogP contribution is 2.52. The van der Waals surface area contributed by atoms with Crippen molar-refractivity contribution in [3.63, 3.8) is 0 Å². The van der Waals surface area contributed by atoms with E-state index >= 15 is 0 Å². The van der Waals surface area contributed by atoms with Crippen LogP contribution in [0, 0.1) is 0 Å². The fourth-order valence-electron chi connectivity index (χ4n) is 5.89. The minimum absolute atomic E-state index is 0.0169. The van der Waals surface area contributed by atoms with Crippen molar-refractivity contribution >= 4 is 5.97 Å². The van der Waals surface area contributed by atoms with Gasteiger partial charge in [-0.3, -0.25) is 9.80 Å². The Hall–Kier alpha value is -3.33. The molecule has 0 bridgehead atoms. The molecule has 6 rings (SSSR count). The lowest BCUT2D eigenvalue weighted by molar-refractivity contribution is -0.235. The van der Waals surface area contributed by atoms with Crippen LogP contribution in [0.1, 0.15) is 33.2 Å². The van der Waals surface area contributed by atoms with Crippen LogP contribution in [0.3, 0.4) is 0 Å². The highest BCUT2D eigenvalue weighted by atomic mass is 16.7. The van der Waals surface area contributed by atoms with Crippen molar-refractivity contribution in [1.82, 2.24) is 9.80 Å². The molecule has 40 heavy (non-hydrogen) atoms. The smallest absolute Gasteiger partial charge is 0.339 e. The van der Waals surface area contributed by atoms with E-state index in [-0.39, 0.29) is 35.8 Å². The summed E-state index contributed by atoms with van der Waals surface area (Å²) in [5.41, 5.74) is 1.20. The van der Waals surface area contributed by atoms with Crippen molar-refractivity contribution in [2.45, 2.75) is 43.6 Å². The van der Waals surface area contributed by atoms with E-state index in [9.17, 15) is 30.3 Å². The second kappa shape index (κ2) is 10.6. The molecule has 4 aliphatic rings. The zero-order chi connectivity index (χ0) is 28.1. The monoisotopic (exact) mass is 560 g/mol. The topological polar surface area (TPSA) is 171 Å². The Labute approximate surface area is 229 Å². The number of phenolic OH excluding ortho intramolecular Hbond substituents is 2. The average molecular weight is 561 g/mol. The lowest BCUT2D eigenvalue weighted by Gasteiger charge is -2.45. The molecule has 216 valence electrons. The third-order valence-electron chi connectivity index (χ3n) is 8.04. The molecule has 0 saturated carbocycles. The van der Waals surface area contributed by atoms with E-state index in [1.807, 2.05) is 18.2 Å². The molecule has 0 radical (unpaired) electrons. The Bertz CT molecular complexity index is 1300. The van der Waals surface area contributed by atoms with Gasteiger partial charge in [0.15, 0.2) is 29.1 Å². The van der Waals surface area contributed by atoms with Gasteiger partial charge in [-0.15, -0.1) is 0 Å². The molecule has 4 aliphatic heterocycles. The summed E-state index contributed by atoms with van der Waals surface area (Å²) in [7, 11) is 1.27. The lowest BCUT2D eigenvalue weighted by atomic mass is 9.84. The number of aliphatic hydroxyl groups is 3. The second-order valence-corrected chi connectivity index (χ2v) is 10.4. The molecular formula is C27H32N2O11. The minimum Gasteiger partial charge on any atom is -0.504 e. The summed E-state index contributed by atoms with van der Waals surface area (Å²) in [6.07, 6.45) is -6.77. The number of aliphatic hydroxyl groups excluding tert-OH is 3. The molecule has 13 nitrogen and oxygen atoms in total. The van der Waals surface area contributed by atoms with Crippen molar-refractivity contribution in [2.24, 2.45) is 0 Å². The van der Waals surface area contributed by atoms with Gasteiger partial charge in [0.05, 0.1) is 19.3 Å². The molecule has 2 aromatic carbocycles. The van der Waals surface area contributed by atoms with Gasteiger partial charge < -0.3 is 49.2 Å². The van der Waals surface area contributed by atoms with Crippen LogP contribution < -0.4 is 14.2 Å². The number of ether oxygens (including phenoxy) is 5. The number of fused-ring (bicyclic) bond motifs is 4. The summed E-state index contributed by atoms with van der Waals surface area (Å²) in [6, 6.07) is 5.89. The molecule has 5 atom stereocenters. The first kappa shape index (κ1) is 26.9. The van der Waals surface area contributed by atoms with E-state index < -0.39 is 54.6 Å². The molecule has 2 aromatic rings. The Morgan fingerprint density at radius 3 is 2.38 bits per heavy atom. The summed E-state index contributed by atoms with van der Waals surface area (Å²) in [5, 5.41) is 52.6. The van der Waals surface area contributed by atoms with Gasteiger partial charge in [0, 0.05) is 50.4 Å². The van der Waals surface area contributed by atoms with Crippen molar-refractivity contribution in [2.75, 3.05) is 46.7 Å². The number of esters is 1. The van der Waals surface area contributed by atoms with Gasteiger partial charge in [-0.05, 0) is 17.7 Å². The van der Waals surface area contributed by atoms with E-state index in [0.717, 1.165) is 36.7 Å². The maximum Gasteiger partial charge on any atom is 0.339 e. The number of phenols is 2. The Balaban J connectivity index is 1.23. The molecule has 0 spiro atoms. The number of aromatic hydroxyl groups is 2. The summed E-state index contributed by atoms with van der Waals surface area (Å²) >= 11 is 0. The first-order chi connectivity index (χ1) is 19.3. The number of piperazine rings is 1. The Kier molecular flexibility index (Phi) is 7.10. The van der Waals surface area contributed by atoms with E-state index in [4.69, 9.17) is 23.7 Å². The van der Waals surface area contributed by atoms with Gasteiger partial charge in [0.2, 0.25) is 12.5 Å². The average Bonchev–Trinajstić information content (AvgIpc) is 3.42. The molecule has 0 aromatic heterocycles. The van der Waals surface area contributed by atoms with Gasteiger partial charge >= 0.3 is 5.97 Å². The summed E-state index contributed by atoms with van der Waals surface area (Å²) in [4.78, 5) is 17.6. The zero-order valence-electron chi connectivity index (χ0n) is 21.9. The van der Waals surface area contributed by atoms with Crippen LogP contribution in [0.4, 0.5) is 0 Å². The molecular weight excluding hydrogens is 528 g/mol. The first-order valence-electron chi connectivity index (χ1n) is 13.1. The van der Waals surface area contributed by atoms with Crippen LogP contribution in [-0.2, 0) is 22.6 Å². The quantitative estimate of drug-likeness (QED) is 0.296. The van der Waals surface area contributed by atoms with Crippen LogP contribution in [0.2, 0.25) is 0 Å². The number of carbonyl (C=O) groups is 1.